The summed E-state index contributed by atoms with van der Waals surface area (Å²) in [6.45, 7) is 1.41. The number of alkyl halides is 1. The van der Waals surface area contributed by atoms with Crippen molar-refractivity contribution in [3.8, 4) is 0 Å². The molecule has 0 saturated heterocycles. The first kappa shape index (κ1) is 12.2. The second kappa shape index (κ2) is 4.76. The Kier molecular flexibility index (Phi) is 3.87. The molecule has 1 atom stereocenters. The van der Waals surface area contributed by atoms with Gasteiger partial charge in [0.1, 0.15) is 5.78 Å². The van der Waals surface area contributed by atoms with E-state index in [-0.39, 0.29) is 11.5 Å². The quantitative estimate of drug-likeness (QED) is 0.403. The Hall–Kier alpha value is -0.880. The number of rotatable bonds is 3. The molecule has 0 radical (unpaired) electrons. The predicted molar refractivity (Wildman–Crippen MR) is 62.7 cm³/mol. The van der Waals surface area contributed by atoms with E-state index < -0.39 is 9.75 Å². The molecule has 1 aromatic carbocycles. The summed E-state index contributed by atoms with van der Waals surface area (Å²) in [6, 6.07) is 4.21. The maximum Gasteiger partial charge on any atom is 0.269 e. The molecule has 80 valence electrons. The van der Waals surface area contributed by atoms with Crippen LogP contribution in [-0.2, 0) is 4.79 Å². The predicted octanol–water partition coefficient (Wildman–Crippen LogP) is 2.91. The van der Waals surface area contributed by atoms with Crippen molar-refractivity contribution in [1.82, 2.24) is 0 Å². The number of carbonyl (C=O) groups is 1. The third-order valence-electron chi connectivity index (χ3n) is 1.85. The van der Waals surface area contributed by atoms with E-state index in [4.69, 9.17) is 0 Å². The number of halogens is 1. The van der Waals surface area contributed by atoms with Crippen LogP contribution in [0.15, 0.2) is 23.1 Å². The average Bonchev–Trinajstić information content (AvgIpc) is 2.16. The lowest BCUT2D eigenvalue weighted by molar-refractivity contribution is -0.385. The third-order valence-corrected chi connectivity index (χ3v) is 3.40. The Labute approximate surface area is 100 Å². The van der Waals surface area contributed by atoms with Crippen LogP contribution in [0.3, 0.4) is 0 Å². The molecule has 0 saturated carbocycles. The van der Waals surface area contributed by atoms with Crippen LogP contribution in [0, 0.1) is 10.1 Å². The van der Waals surface area contributed by atoms with Gasteiger partial charge in [0.25, 0.3) is 5.69 Å². The van der Waals surface area contributed by atoms with E-state index in [9.17, 15) is 14.9 Å². The largest absolute Gasteiger partial charge is 0.298 e. The van der Waals surface area contributed by atoms with E-state index in [0.29, 0.717) is 10.5 Å². The van der Waals surface area contributed by atoms with Crippen LogP contribution in [0.4, 0.5) is 5.69 Å². The number of thiol groups is 1. The van der Waals surface area contributed by atoms with Crippen LogP contribution in [0.25, 0.3) is 0 Å². The molecule has 0 N–H and O–H groups in total. The highest BCUT2D eigenvalue weighted by atomic mass is 79.9. The van der Waals surface area contributed by atoms with Gasteiger partial charge < -0.3 is 0 Å². The first-order valence-corrected chi connectivity index (χ1v) is 5.41. The summed E-state index contributed by atoms with van der Waals surface area (Å²) in [4.78, 5) is 21.2. The van der Waals surface area contributed by atoms with Crippen molar-refractivity contribution in [3.05, 3.63) is 33.9 Å². The number of hydrogen-bond donors (Lipinski definition) is 1. The highest BCUT2D eigenvalue weighted by Crippen LogP contribution is 2.31. The fraction of sp³-hybridized carbons (Fsp3) is 0.222. The second-order valence-electron chi connectivity index (χ2n) is 2.97. The first-order chi connectivity index (χ1) is 6.93. The van der Waals surface area contributed by atoms with Crippen molar-refractivity contribution in [2.24, 2.45) is 0 Å². The Bertz CT molecular complexity index is 422. The lowest BCUT2D eigenvalue weighted by Crippen LogP contribution is -2.02. The molecule has 0 aliphatic rings. The summed E-state index contributed by atoms with van der Waals surface area (Å²) < 4.78 is 0. The van der Waals surface area contributed by atoms with Crippen molar-refractivity contribution >= 4 is 40.0 Å². The van der Waals surface area contributed by atoms with Gasteiger partial charge in [-0.1, -0.05) is 15.9 Å². The highest BCUT2D eigenvalue weighted by molar-refractivity contribution is 9.09. The van der Waals surface area contributed by atoms with E-state index >= 15 is 0 Å². The van der Waals surface area contributed by atoms with Crippen molar-refractivity contribution in [1.29, 1.82) is 0 Å². The van der Waals surface area contributed by atoms with E-state index in [1.807, 2.05) is 0 Å². The summed E-state index contributed by atoms with van der Waals surface area (Å²) >= 11 is 7.31. The van der Waals surface area contributed by atoms with Gasteiger partial charge in [0.05, 0.1) is 9.75 Å². The summed E-state index contributed by atoms with van der Waals surface area (Å²) in [6.07, 6.45) is 0. The molecule has 1 aromatic rings. The SMILES string of the molecule is CC(=O)C(Br)c1cc([N+](=O)[O-])ccc1S. The Morgan fingerprint density at radius 2 is 2.20 bits per heavy atom. The van der Waals surface area contributed by atoms with Gasteiger partial charge in [-0.3, -0.25) is 14.9 Å². The molecule has 15 heavy (non-hydrogen) atoms. The molecule has 0 aliphatic carbocycles. The number of nitro groups is 1. The molecule has 0 fully saturated rings. The Balaban J connectivity index is 3.22. The van der Waals surface area contributed by atoms with Crippen LogP contribution >= 0.6 is 28.6 Å². The molecule has 0 spiro atoms. The molecule has 1 unspecified atom stereocenters. The van der Waals surface area contributed by atoms with Crippen LogP contribution in [0.2, 0.25) is 0 Å². The summed E-state index contributed by atoms with van der Waals surface area (Å²) in [5.41, 5.74) is 0.466. The van der Waals surface area contributed by atoms with Crippen molar-refractivity contribution in [2.45, 2.75) is 16.6 Å². The molecular weight excluding hydrogens is 282 g/mol. The number of nitrogens with zero attached hydrogens (tertiary/aromatic N) is 1. The van der Waals surface area contributed by atoms with Gasteiger partial charge in [0, 0.05) is 17.0 Å². The lowest BCUT2D eigenvalue weighted by Gasteiger charge is -2.08. The number of Topliss-reactive ketones (excluding diaryl/α,β-unsaturated/α-hetero) is 1. The van der Waals surface area contributed by atoms with Gasteiger partial charge in [-0.05, 0) is 18.6 Å². The first-order valence-electron chi connectivity index (χ1n) is 4.05. The summed E-state index contributed by atoms with van der Waals surface area (Å²) in [7, 11) is 0. The van der Waals surface area contributed by atoms with Gasteiger partial charge >= 0.3 is 0 Å². The van der Waals surface area contributed by atoms with Crippen molar-refractivity contribution in [2.75, 3.05) is 0 Å². The zero-order chi connectivity index (χ0) is 11.6. The van der Waals surface area contributed by atoms with Crippen LogP contribution in [0.5, 0.6) is 0 Å². The van der Waals surface area contributed by atoms with E-state index in [0.717, 1.165) is 0 Å². The highest BCUT2D eigenvalue weighted by Gasteiger charge is 2.18. The molecule has 0 heterocycles. The minimum atomic E-state index is -0.551. The fourth-order valence-electron chi connectivity index (χ4n) is 1.08. The molecule has 0 bridgehead atoms. The topological polar surface area (TPSA) is 60.2 Å². The van der Waals surface area contributed by atoms with Crippen LogP contribution < -0.4 is 0 Å². The van der Waals surface area contributed by atoms with Gasteiger partial charge in [-0.15, -0.1) is 12.6 Å². The Morgan fingerprint density at radius 1 is 1.60 bits per heavy atom. The maximum atomic E-state index is 11.1. The molecule has 6 heteroatoms. The molecule has 0 aromatic heterocycles. The van der Waals surface area contributed by atoms with Gasteiger partial charge in [-0.25, -0.2) is 0 Å². The minimum Gasteiger partial charge on any atom is -0.298 e. The molecule has 4 nitrogen and oxygen atoms in total. The zero-order valence-corrected chi connectivity index (χ0v) is 10.3. The lowest BCUT2D eigenvalue weighted by atomic mass is 10.1. The van der Waals surface area contributed by atoms with Crippen LogP contribution in [-0.4, -0.2) is 10.7 Å². The number of benzene rings is 1. The molecule has 0 aliphatic heterocycles. The van der Waals surface area contributed by atoms with Crippen molar-refractivity contribution in [3.63, 3.8) is 0 Å². The van der Waals surface area contributed by atoms with Gasteiger partial charge in [-0.2, -0.15) is 0 Å². The fourth-order valence-corrected chi connectivity index (χ4v) is 1.90. The number of hydrogen-bond acceptors (Lipinski definition) is 4. The van der Waals surface area contributed by atoms with E-state index in [2.05, 4.69) is 28.6 Å². The van der Waals surface area contributed by atoms with E-state index in [1.54, 1.807) is 0 Å². The van der Waals surface area contributed by atoms with E-state index in [1.165, 1.54) is 25.1 Å². The second-order valence-corrected chi connectivity index (χ2v) is 4.37. The summed E-state index contributed by atoms with van der Waals surface area (Å²) in [5, 5.41) is 10.5. The monoisotopic (exact) mass is 289 g/mol. The average molecular weight is 290 g/mol. The Morgan fingerprint density at radius 3 is 2.67 bits per heavy atom. The molecular formula is C9H8BrNO3S. The number of nitro benzene ring substituents is 1. The zero-order valence-electron chi connectivity index (χ0n) is 7.81. The van der Waals surface area contributed by atoms with Gasteiger partial charge in [0.2, 0.25) is 0 Å². The normalized spacial score (nSPS) is 12.2. The number of non-ortho nitro benzene ring substituents is 1. The minimum absolute atomic E-state index is 0.0477. The standard InChI is InChI=1S/C9H8BrNO3S/c1-5(12)9(10)7-4-6(11(13)14)2-3-8(7)15/h2-4,9,15H,1H3. The van der Waals surface area contributed by atoms with Crippen molar-refractivity contribution < 1.29 is 9.72 Å². The van der Waals surface area contributed by atoms with Crippen LogP contribution in [0.1, 0.15) is 17.3 Å². The maximum absolute atomic E-state index is 11.1. The number of carbonyl (C=O) groups excluding carboxylic acids is 1. The third kappa shape index (κ3) is 2.79. The molecule has 0 amide bonds. The smallest absolute Gasteiger partial charge is 0.269 e. The molecule has 1 rings (SSSR count). The summed E-state index contributed by atoms with van der Waals surface area (Å²) in [5.74, 6) is -0.120. The van der Waals surface area contributed by atoms with Gasteiger partial charge in [0.15, 0.2) is 0 Å². The number of ketones is 1.